The van der Waals surface area contributed by atoms with Gasteiger partial charge in [-0.25, -0.2) is 0 Å². The second-order valence-electron chi connectivity index (χ2n) is 2.73. The molecule has 1 atom stereocenters. The van der Waals surface area contributed by atoms with Crippen molar-refractivity contribution in [1.29, 1.82) is 0 Å². The van der Waals surface area contributed by atoms with Crippen LogP contribution in [0.5, 0.6) is 0 Å². The van der Waals surface area contributed by atoms with Crippen molar-refractivity contribution >= 4 is 30.0 Å². The van der Waals surface area contributed by atoms with Gasteiger partial charge in [0.15, 0.2) is 0 Å². The Hall–Kier alpha value is 0.339. The Kier molecular flexibility index (Phi) is 5.12. The van der Waals surface area contributed by atoms with Gasteiger partial charge in [-0.1, -0.05) is 0 Å². The molecule has 70 valence electrons. The van der Waals surface area contributed by atoms with Crippen molar-refractivity contribution < 1.29 is 9.53 Å². The summed E-state index contributed by atoms with van der Waals surface area (Å²) < 4.78 is 5.25. The molecule has 2 nitrogen and oxygen atoms in total. The van der Waals surface area contributed by atoms with Crippen molar-refractivity contribution in [2.75, 3.05) is 0 Å². The van der Waals surface area contributed by atoms with Crippen molar-refractivity contribution in [3.05, 3.63) is 0 Å². The average Bonchev–Trinajstić information content (AvgIpc) is 2.53. The van der Waals surface area contributed by atoms with Crippen LogP contribution in [0.15, 0.2) is 0 Å². The van der Waals surface area contributed by atoms with Gasteiger partial charge in [0, 0.05) is 0 Å². The summed E-state index contributed by atoms with van der Waals surface area (Å²) in [7, 11) is 1.82. The predicted octanol–water partition coefficient (Wildman–Crippen LogP) is 2.22. The molecular weight excluding hydrogens is 239 g/mol. The van der Waals surface area contributed by atoms with E-state index in [1.807, 2.05) is 10.2 Å². The summed E-state index contributed by atoms with van der Waals surface area (Å²) in [5.41, 5.74) is 0.189. The number of hydrogen-bond donors (Lipinski definition) is 0. The zero-order valence-electron chi connectivity index (χ0n) is 7.25. The molecule has 0 aromatic carbocycles. The minimum absolute atomic E-state index is 0.00736. The van der Waals surface area contributed by atoms with Crippen LogP contribution in [0.1, 0.15) is 32.6 Å². The van der Waals surface area contributed by atoms with Crippen molar-refractivity contribution in [3.8, 4) is 0 Å². The summed E-state index contributed by atoms with van der Waals surface area (Å²) in [5, 5.41) is 1.25. The molecule has 4 heteroatoms. The zero-order chi connectivity index (χ0) is 8.81. The fourth-order valence-corrected chi connectivity index (χ4v) is 5.43. The molecule has 0 spiro atoms. The molecule has 0 aliphatic carbocycles. The second-order valence-corrected chi connectivity index (χ2v) is 7.24. The Morgan fingerprint density at radius 1 is 1.75 bits per heavy atom. The van der Waals surface area contributed by atoms with E-state index in [4.69, 9.17) is 4.74 Å². The minimum atomic E-state index is -0.00736. The molecule has 12 heavy (non-hydrogen) atoms. The van der Waals surface area contributed by atoms with Gasteiger partial charge in [-0.2, -0.15) is 0 Å². The Morgan fingerprint density at radius 3 is 3.17 bits per heavy atom. The topological polar surface area (TPSA) is 26.3 Å². The van der Waals surface area contributed by atoms with Crippen molar-refractivity contribution in [2.24, 2.45) is 0 Å². The normalized spacial score (nSPS) is 22.6. The number of carbonyl (C=O) groups is 1. The summed E-state index contributed by atoms with van der Waals surface area (Å²) in [6.07, 6.45) is 3.70. The van der Waals surface area contributed by atoms with Gasteiger partial charge < -0.3 is 0 Å². The number of ether oxygens (including phenoxy) is 1. The molecule has 0 aromatic heterocycles. The first-order valence-corrected chi connectivity index (χ1v) is 8.42. The van der Waals surface area contributed by atoms with Crippen LogP contribution in [0.3, 0.4) is 0 Å². The van der Waals surface area contributed by atoms with Gasteiger partial charge in [-0.3, -0.25) is 0 Å². The molecule has 0 bridgehead atoms. The van der Waals surface area contributed by atoms with Crippen molar-refractivity contribution in [3.63, 3.8) is 0 Å². The third kappa shape index (κ3) is 3.83. The molecule has 0 N–H and O–H groups in total. The third-order valence-electron chi connectivity index (χ3n) is 1.61. The molecule has 0 aromatic rings. The van der Waals surface area contributed by atoms with Crippen LogP contribution in [-0.2, 0) is 9.53 Å². The molecule has 1 aliphatic rings. The van der Waals surface area contributed by atoms with Crippen molar-refractivity contribution in [1.82, 2.24) is 0 Å². The van der Waals surface area contributed by atoms with Crippen LogP contribution in [0.25, 0.3) is 0 Å². The number of unbranched alkanes of at least 4 members (excludes halogenated alkanes) is 1. The fourth-order valence-electron chi connectivity index (χ4n) is 0.922. The Labute approximate surface area is 83.0 Å². The molecule has 0 amide bonds. The summed E-state index contributed by atoms with van der Waals surface area (Å²) in [4.78, 5) is 11.1. The van der Waals surface area contributed by atoms with E-state index in [2.05, 4.69) is 6.92 Å². The van der Waals surface area contributed by atoms with Crippen LogP contribution < -0.4 is 0 Å². The molecule has 1 fully saturated rings. The van der Waals surface area contributed by atoms with Crippen molar-refractivity contribution in [2.45, 2.75) is 43.4 Å². The number of hydrogen-bond acceptors (Lipinski definition) is 3. The second kappa shape index (κ2) is 5.90. The summed E-state index contributed by atoms with van der Waals surface area (Å²) in [6, 6.07) is 0. The molecule has 1 rings (SSSR count). The van der Waals surface area contributed by atoms with Gasteiger partial charge in [-0.15, -0.1) is 0 Å². The van der Waals surface area contributed by atoms with E-state index < -0.39 is 0 Å². The molecular formula is C8H14O2SSe. The molecule has 0 saturated carbocycles. The van der Waals surface area contributed by atoms with E-state index in [1.54, 1.807) is 0 Å². The number of rotatable bonds is 4. The van der Waals surface area contributed by atoms with E-state index >= 15 is 0 Å². The van der Waals surface area contributed by atoms with Gasteiger partial charge in [-0.05, 0) is 0 Å². The van der Waals surface area contributed by atoms with Gasteiger partial charge in [0.1, 0.15) is 0 Å². The van der Waals surface area contributed by atoms with Crippen LogP contribution in [0.4, 0.5) is 0 Å². The van der Waals surface area contributed by atoms with Gasteiger partial charge in [0.25, 0.3) is 0 Å². The first-order chi connectivity index (χ1) is 5.83. The van der Waals surface area contributed by atoms with Gasteiger partial charge in [0.05, 0.1) is 0 Å². The average molecular weight is 253 g/mol. The quantitative estimate of drug-likeness (QED) is 0.567. The summed E-state index contributed by atoms with van der Waals surface area (Å²) >= 11 is 0.662. The zero-order valence-corrected chi connectivity index (χ0v) is 9.78. The van der Waals surface area contributed by atoms with E-state index in [0.717, 1.165) is 19.3 Å². The van der Waals surface area contributed by atoms with Crippen LogP contribution in [0, 0.1) is 0 Å². The monoisotopic (exact) mass is 254 g/mol. The predicted molar refractivity (Wildman–Crippen MR) is 52.2 cm³/mol. The molecule has 0 radical (unpaired) electrons. The van der Waals surface area contributed by atoms with E-state index in [0.29, 0.717) is 20.3 Å². The van der Waals surface area contributed by atoms with Crippen LogP contribution in [0.2, 0.25) is 5.32 Å². The maximum atomic E-state index is 11.1. The maximum absolute atomic E-state index is 11.1. The van der Waals surface area contributed by atoms with Crippen LogP contribution >= 0.6 is 10.2 Å². The SMILES string of the molecule is CCCCC(=O)OC1CC[Se]S1. The summed E-state index contributed by atoms with van der Waals surface area (Å²) in [5.74, 6) is -0.00736. The standard InChI is InChI=1S/C8H14O2SSe/c1-2-3-4-7(9)10-8-5-6-12-11-8/h8H,2-6H2,1H3. The molecule has 1 saturated heterocycles. The Bertz CT molecular complexity index is 146. The number of esters is 1. The van der Waals surface area contributed by atoms with Gasteiger partial charge >= 0.3 is 82.9 Å². The molecule has 1 unspecified atom stereocenters. The molecule has 1 aliphatic heterocycles. The Balaban J connectivity index is 2.08. The third-order valence-corrected chi connectivity index (χ3v) is 6.21. The fraction of sp³-hybridized carbons (Fsp3) is 0.875. The Morgan fingerprint density at radius 2 is 2.58 bits per heavy atom. The first kappa shape index (κ1) is 10.4. The van der Waals surface area contributed by atoms with E-state index in [1.165, 1.54) is 5.32 Å². The van der Waals surface area contributed by atoms with E-state index in [-0.39, 0.29) is 11.4 Å². The van der Waals surface area contributed by atoms with E-state index in [9.17, 15) is 4.79 Å². The first-order valence-electron chi connectivity index (χ1n) is 4.30. The number of carbonyl (C=O) groups excluding carboxylic acids is 1. The van der Waals surface area contributed by atoms with Crippen LogP contribution in [-0.4, -0.2) is 25.2 Å². The van der Waals surface area contributed by atoms with Gasteiger partial charge in [0.2, 0.25) is 0 Å². The molecule has 1 heterocycles. The summed E-state index contributed by atoms with van der Waals surface area (Å²) in [6.45, 7) is 2.08.